The number of alkyl halides is 1. The van der Waals surface area contributed by atoms with Gasteiger partial charge in [-0.3, -0.25) is 4.79 Å². The molecule has 94 valence electrons. The normalized spacial score (nSPS) is 23.7. The molecular weight excluding hydrogens is 262 g/mol. The number of halogens is 1. The average Bonchev–Trinajstić information content (AvgIpc) is 2.79. The van der Waals surface area contributed by atoms with Crippen LogP contribution in [0.25, 0.3) is 0 Å². The van der Waals surface area contributed by atoms with Crippen molar-refractivity contribution < 1.29 is 9.53 Å². The molecule has 17 heavy (non-hydrogen) atoms. The van der Waals surface area contributed by atoms with Gasteiger partial charge in [-0.2, -0.15) is 0 Å². The lowest BCUT2D eigenvalue weighted by molar-refractivity contribution is -0.117. The van der Waals surface area contributed by atoms with Crippen molar-refractivity contribution in [1.29, 1.82) is 0 Å². The van der Waals surface area contributed by atoms with Gasteiger partial charge in [-0.1, -0.05) is 4.49 Å². The molecule has 0 radical (unpaired) electrons. The fourth-order valence-corrected chi connectivity index (χ4v) is 2.59. The number of nitrogens with zero attached hydrogens (tertiary/aromatic N) is 3. The fraction of sp³-hybridized carbons (Fsp3) is 0.700. The Morgan fingerprint density at radius 2 is 2.53 bits per heavy atom. The lowest BCUT2D eigenvalue weighted by Gasteiger charge is -2.42. The summed E-state index contributed by atoms with van der Waals surface area (Å²) in [7, 11) is 0. The van der Waals surface area contributed by atoms with Gasteiger partial charge in [-0.05, 0) is 25.4 Å². The van der Waals surface area contributed by atoms with Crippen LogP contribution in [0.2, 0.25) is 0 Å². The smallest absolute Gasteiger partial charge is 0.267 e. The number of carbonyl (C=O) groups is 1. The predicted octanol–water partition coefficient (Wildman–Crippen LogP) is 1.40. The van der Waals surface area contributed by atoms with E-state index in [1.807, 2.05) is 13.8 Å². The van der Waals surface area contributed by atoms with Crippen molar-refractivity contribution in [2.45, 2.75) is 25.6 Å². The van der Waals surface area contributed by atoms with Crippen LogP contribution in [-0.4, -0.2) is 51.1 Å². The molecule has 1 atom stereocenters. The van der Waals surface area contributed by atoms with E-state index in [1.54, 1.807) is 4.90 Å². The molecule has 0 bridgehead atoms. The first-order valence-electron chi connectivity index (χ1n) is 5.32. The zero-order chi connectivity index (χ0) is 12.5. The molecule has 5 nitrogen and oxygen atoms in total. The minimum Gasteiger partial charge on any atom is -0.367 e. The van der Waals surface area contributed by atoms with Crippen LogP contribution in [0.1, 0.15) is 23.5 Å². The van der Waals surface area contributed by atoms with E-state index in [-0.39, 0.29) is 17.6 Å². The fourth-order valence-electron chi connectivity index (χ4n) is 1.95. The summed E-state index contributed by atoms with van der Waals surface area (Å²) in [6, 6.07) is 0. The maximum absolute atomic E-state index is 12.2. The molecule has 2 rings (SSSR count). The molecule has 1 aliphatic rings. The van der Waals surface area contributed by atoms with Gasteiger partial charge in [0.15, 0.2) is 0 Å². The highest BCUT2D eigenvalue weighted by molar-refractivity contribution is 7.07. The molecule has 7 heteroatoms. The zero-order valence-corrected chi connectivity index (χ0v) is 11.3. The predicted molar refractivity (Wildman–Crippen MR) is 65.5 cm³/mol. The first-order chi connectivity index (χ1) is 8.02. The number of hydrogen-bond donors (Lipinski definition) is 0. The molecule has 1 aliphatic heterocycles. The molecule has 1 saturated heterocycles. The van der Waals surface area contributed by atoms with E-state index in [4.69, 9.17) is 16.3 Å². The topological polar surface area (TPSA) is 55.3 Å². The molecule has 1 aromatic rings. The Kier molecular flexibility index (Phi) is 3.65. The van der Waals surface area contributed by atoms with Gasteiger partial charge in [0.25, 0.3) is 5.91 Å². The van der Waals surface area contributed by atoms with Gasteiger partial charge in [0.1, 0.15) is 4.88 Å². The van der Waals surface area contributed by atoms with Crippen LogP contribution in [-0.2, 0) is 4.74 Å². The third kappa shape index (κ3) is 2.94. The van der Waals surface area contributed by atoms with Gasteiger partial charge in [0, 0.05) is 13.1 Å². The van der Waals surface area contributed by atoms with Crippen LogP contribution in [0.15, 0.2) is 6.20 Å². The van der Waals surface area contributed by atoms with Crippen LogP contribution in [0.5, 0.6) is 0 Å². The SMILES string of the molecule is CC1(C)CN(C(=O)c2cnns2)CC(CCl)O1. The van der Waals surface area contributed by atoms with Crippen molar-refractivity contribution in [3.63, 3.8) is 0 Å². The van der Waals surface area contributed by atoms with Crippen molar-refractivity contribution in [3.8, 4) is 0 Å². The quantitative estimate of drug-likeness (QED) is 0.766. The van der Waals surface area contributed by atoms with E-state index in [2.05, 4.69) is 9.59 Å². The number of carbonyl (C=O) groups excluding carboxylic acids is 1. The third-order valence-electron chi connectivity index (χ3n) is 2.51. The van der Waals surface area contributed by atoms with E-state index >= 15 is 0 Å². The molecule has 0 aromatic carbocycles. The summed E-state index contributed by atoms with van der Waals surface area (Å²) >= 11 is 6.92. The maximum atomic E-state index is 12.2. The van der Waals surface area contributed by atoms with Gasteiger partial charge in [-0.25, -0.2) is 0 Å². The Morgan fingerprint density at radius 1 is 1.76 bits per heavy atom. The third-order valence-corrected chi connectivity index (χ3v) is 3.51. The Morgan fingerprint density at radius 3 is 3.12 bits per heavy atom. The standard InChI is InChI=1S/C10H14ClN3O2S/c1-10(2)6-14(5-7(3-11)16-10)9(15)8-4-12-13-17-8/h4,7H,3,5-6H2,1-2H3. The number of hydrogen-bond acceptors (Lipinski definition) is 5. The van der Waals surface area contributed by atoms with Gasteiger partial charge in [-0.15, -0.1) is 16.7 Å². The highest BCUT2D eigenvalue weighted by Gasteiger charge is 2.35. The van der Waals surface area contributed by atoms with Crippen LogP contribution in [0.4, 0.5) is 0 Å². The van der Waals surface area contributed by atoms with Gasteiger partial charge < -0.3 is 9.64 Å². The van der Waals surface area contributed by atoms with Crippen LogP contribution in [0, 0.1) is 0 Å². The molecule has 1 amide bonds. The number of aromatic nitrogens is 2. The van der Waals surface area contributed by atoms with Crippen LogP contribution >= 0.6 is 23.1 Å². The number of morpholine rings is 1. The summed E-state index contributed by atoms with van der Waals surface area (Å²) in [5.74, 6) is 0.334. The highest BCUT2D eigenvalue weighted by atomic mass is 35.5. The molecule has 1 aromatic heterocycles. The van der Waals surface area contributed by atoms with Crippen molar-refractivity contribution in [2.75, 3.05) is 19.0 Å². The summed E-state index contributed by atoms with van der Waals surface area (Å²) in [6.45, 7) is 4.98. The zero-order valence-electron chi connectivity index (χ0n) is 9.72. The van der Waals surface area contributed by atoms with E-state index in [0.29, 0.717) is 23.8 Å². The van der Waals surface area contributed by atoms with Gasteiger partial charge in [0.05, 0.1) is 23.8 Å². The van der Waals surface area contributed by atoms with E-state index in [0.717, 1.165) is 11.5 Å². The first kappa shape index (κ1) is 12.7. The molecule has 1 unspecified atom stereocenters. The average molecular weight is 276 g/mol. The number of amides is 1. The second-order valence-corrected chi connectivity index (χ2v) is 5.72. The van der Waals surface area contributed by atoms with Crippen molar-refractivity contribution in [2.24, 2.45) is 0 Å². The molecule has 0 spiro atoms. The second kappa shape index (κ2) is 4.88. The van der Waals surface area contributed by atoms with Crippen LogP contribution in [0.3, 0.4) is 0 Å². The minimum absolute atomic E-state index is 0.0495. The van der Waals surface area contributed by atoms with Gasteiger partial charge in [0.2, 0.25) is 0 Å². The largest absolute Gasteiger partial charge is 0.367 e. The first-order valence-corrected chi connectivity index (χ1v) is 6.63. The highest BCUT2D eigenvalue weighted by Crippen LogP contribution is 2.23. The summed E-state index contributed by atoms with van der Waals surface area (Å²) in [5.41, 5.74) is -0.369. The molecule has 0 N–H and O–H groups in total. The van der Waals surface area contributed by atoms with Crippen molar-refractivity contribution >= 4 is 29.0 Å². The molecule has 0 saturated carbocycles. The summed E-state index contributed by atoms with van der Waals surface area (Å²) in [5, 5.41) is 3.68. The molecular formula is C10H14ClN3O2S. The summed E-state index contributed by atoms with van der Waals surface area (Å²) in [6.07, 6.45) is 1.37. The van der Waals surface area contributed by atoms with E-state index in [1.165, 1.54) is 6.20 Å². The molecule has 0 aliphatic carbocycles. The molecule has 1 fully saturated rings. The monoisotopic (exact) mass is 275 g/mol. The van der Waals surface area contributed by atoms with E-state index in [9.17, 15) is 4.79 Å². The maximum Gasteiger partial charge on any atom is 0.267 e. The Balaban J connectivity index is 2.12. The summed E-state index contributed by atoms with van der Waals surface area (Å²) < 4.78 is 9.47. The van der Waals surface area contributed by atoms with E-state index < -0.39 is 0 Å². The minimum atomic E-state index is -0.369. The van der Waals surface area contributed by atoms with Crippen molar-refractivity contribution in [3.05, 3.63) is 11.1 Å². The lowest BCUT2D eigenvalue weighted by atomic mass is 10.1. The van der Waals surface area contributed by atoms with Crippen molar-refractivity contribution in [1.82, 2.24) is 14.5 Å². The van der Waals surface area contributed by atoms with Gasteiger partial charge >= 0.3 is 0 Å². The number of rotatable bonds is 2. The summed E-state index contributed by atoms with van der Waals surface area (Å²) in [4.78, 5) is 14.5. The Labute approximate surface area is 109 Å². The van der Waals surface area contributed by atoms with Crippen LogP contribution < -0.4 is 0 Å². The Hall–Kier alpha value is -0.720. The Bertz CT molecular complexity index is 396. The molecule has 2 heterocycles. The second-order valence-electron chi connectivity index (χ2n) is 4.62. The number of ether oxygens (including phenoxy) is 1. The lowest BCUT2D eigenvalue weighted by Crippen LogP contribution is -2.55.